The number of aliphatic carboxylic acids is 1. The summed E-state index contributed by atoms with van der Waals surface area (Å²) in [6, 6.07) is 6.46. The number of thiophene rings is 1. The van der Waals surface area contributed by atoms with Crippen LogP contribution in [-0.4, -0.2) is 22.1 Å². The Morgan fingerprint density at radius 3 is 2.58 bits per heavy atom. The number of nitrogens with zero attached hydrogens (tertiary/aromatic N) is 2. The van der Waals surface area contributed by atoms with E-state index in [2.05, 4.69) is 4.98 Å². The lowest BCUT2D eigenvalue weighted by Crippen LogP contribution is -2.37. The van der Waals surface area contributed by atoms with Gasteiger partial charge in [0, 0.05) is 10.4 Å². The number of hydrogen-bond acceptors (Lipinski definition) is 6. The Labute approximate surface area is 154 Å². The van der Waals surface area contributed by atoms with E-state index in [0.717, 1.165) is 26.3 Å². The highest BCUT2D eigenvalue weighted by molar-refractivity contribution is 7.19. The van der Waals surface area contributed by atoms with Crippen LogP contribution in [0.15, 0.2) is 35.4 Å². The van der Waals surface area contributed by atoms with Crippen LogP contribution in [0.2, 0.25) is 0 Å². The van der Waals surface area contributed by atoms with Gasteiger partial charge in [0.25, 0.3) is 5.56 Å². The van der Waals surface area contributed by atoms with Crippen LogP contribution < -0.4 is 15.4 Å². The first-order valence-corrected chi connectivity index (χ1v) is 9.23. The third-order valence-electron chi connectivity index (χ3n) is 4.26. The summed E-state index contributed by atoms with van der Waals surface area (Å²) in [5.74, 6) is -0.530. The summed E-state index contributed by atoms with van der Waals surface area (Å²) in [5, 5.41) is 11.8. The lowest BCUT2D eigenvalue weighted by atomic mass is 10.0. The third kappa shape index (κ3) is 3.10. The average Bonchev–Trinajstić information content (AvgIpc) is 2.95. The van der Waals surface area contributed by atoms with Gasteiger partial charge in [0.05, 0.1) is 30.3 Å². The fourth-order valence-corrected chi connectivity index (χ4v) is 4.05. The summed E-state index contributed by atoms with van der Waals surface area (Å²) in [6.07, 6.45) is 1.55. The Balaban J connectivity index is 2.21. The number of rotatable bonds is 6. The van der Waals surface area contributed by atoms with E-state index in [0.29, 0.717) is 16.8 Å². The van der Waals surface area contributed by atoms with E-state index < -0.39 is 12.0 Å². The summed E-state index contributed by atoms with van der Waals surface area (Å²) < 4.78 is 6.62. The van der Waals surface area contributed by atoms with Crippen molar-refractivity contribution in [1.29, 1.82) is 0 Å². The van der Waals surface area contributed by atoms with Crippen molar-refractivity contribution in [2.45, 2.75) is 33.2 Å². The van der Waals surface area contributed by atoms with Gasteiger partial charge in [0.1, 0.15) is 10.6 Å². The molecule has 0 aliphatic heterocycles. The molecule has 3 rings (SSSR count). The highest BCUT2D eigenvalue weighted by Crippen LogP contribution is 2.36. The standard InChI is InChI=1S/C19H20N2O4S/c1-4-14(19(23)24)21-10-20-17-16(18(21)22)15(11(3)26-17)12-6-8-13(9-7-12)25-5-2/h6-10,14H,4-5H2,1-3H3,(H,23,24)/p-1/t14-/m1/s1. The normalized spacial score (nSPS) is 12.3. The molecule has 0 aliphatic carbocycles. The second kappa shape index (κ2) is 7.29. The zero-order valence-electron chi connectivity index (χ0n) is 14.8. The molecule has 0 spiro atoms. The zero-order chi connectivity index (χ0) is 18.8. The van der Waals surface area contributed by atoms with E-state index in [1.807, 2.05) is 38.1 Å². The van der Waals surface area contributed by atoms with Gasteiger partial charge in [-0.05, 0) is 38.0 Å². The Kier molecular flexibility index (Phi) is 5.08. The maximum absolute atomic E-state index is 13.0. The lowest BCUT2D eigenvalue weighted by molar-refractivity contribution is -0.310. The van der Waals surface area contributed by atoms with Gasteiger partial charge in [-0.2, -0.15) is 0 Å². The number of fused-ring (bicyclic) bond motifs is 1. The first-order valence-electron chi connectivity index (χ1n) is 8.42. The SMILES string of the molecule is CCOc1ccc(-c2c(C)sc3ncn([C@H](CC)C(=O)[O-])c(=O)c23)cc1. The molecule has 7 heteroatoms. The van der Waals surface area contributed by atoms with Crippen LogP contribution in [0, 0.1) is 6.92 Å². The minimum atomic E-state index is -1.29. The van der Waals surface area contributed by atoms with Crippen molar-refractivity contribution >= 4 is 27.5 Å². The number of aryl methyl sites for hydroxylation is 1. The van der Waals surface area contributed by atoms with Crippen LogP contribution in [-0.2, 0) is 4.79 Å². The van der Waals surface area contributed by atoms with E-state index in [1.165, 1.54) is 17.7 Å². The summed E-state index contributed by atoms with van der Waals surface area (Å²) in [6.45, 7) is 6.12. The Bertz CT molecular complexity index is 1000. The van der Waals surface area contributed by atoms with Gasteiger partial charge in [0.15, 0.2) is 0 Å². The molecule has 1 atom stereocenters. The average molecular weight is 371 g/mol. The number of hydrogen-bond donors (Lipinski definition) is 0. The molecule has 26 heavy (non-hydrogen) atoms. The molecule has 0 aliphatic rings. The molecule has 0 radical (unpaired) electrons. The van der Waals surface area contributed by atoms with Crippen molar-refractivity contribution in [2.75, 3.05) is 6.61 Å². The van der Waals surface area contributed by atoms with Crippen LogP contribution in [0.25, 0.3) is 21.3 Å². The second-order valence-corrected chi connectivity index (χ2v) is 7.07. The fraction of sp³-hybridized carbons (Fsp3) is 0.316. The topological polar surface area (TPSA) is 84.2 Å². The third-order valence-corrected chi connectivity index (χ3v) is 5.28. The van der Waals surface area contributed by atoms with Crippen molar-refractivity contribution in [2.24, 2.45) is 0 Å². The van der Waals surface area contributed by atoms with E-state index in [4.69, 9.17) is 4.74 Å². The summed E-state index contributed by atoms with van der Waals surface area (Å²) in [5.41, 5.74) is 1.29. The number of ether oxygens (including phenoxy) is 1. The van der Waals surface area contributed by atoms with E-state index in [9.17, 15) is 14.7 Å². The monoisotopic (exact) mass is 371 g/mol. The van der Waals surface area contributed by atoms with Crippen molar-refractivity contribution in [3.05, 3.63) is 45.8 Å². The molecule has 0 bridgehead atoms. The number of carbonyl (C=O) groups is 1. The molecule has 6 nitrogen and oxygen atoms in total. The number of carboxylic acids is 1. The van der Waals surface area contributed by atoms with Crippen molar-refractivity contribution in [3.8, 4) is 16.9 Å². The smallest absolute Gasteiger partial charge is 0.263 e. The molecule has 136 valence electrons. The Morgan fingerprint density at radius 2 is 2.00 bits per heavy atom. The molecule has 2 heterocycles. The molecule has 3 aromatic rings. The van der Waals surface area contributed by atoms with Crippen LogP contribution in [0.3, 0.4) is 0 Å². The number of aromatic nitrogens is 2. The van der Waals surface area contributed by atoms with Crippen molar-refractivity contribution < 1.29 is 14.6 Å². The fourth-order valence-electron chi connectivity index (χ4n) is 3.05. The number of benzene rings is 1. The molecule has 0 saturated heterocycles. The van der Waals surface area contributed by atoms with Gasteiger partial charge < -0.3 is 14.6 Å². The minimum absolute atomic E-state index is 0.247. The van der Waals surface area contributed by atoms with Crippen molar-refractivity contribution in [1.82, 2.24) is 9.55 Å². The summed E-state index contributed by atoms with van der Waals surface area (Å²) >= 11 is 1.42. The second-order valence-electron chi connectivity index (χ2n) is 5.87. The molecule has 0 fully saturated rings. The van der Waals surface area contributed by atoms with Crippen LogP contribution in [0.1, 0.15) is 31.2 Å². The van der Waals surface area contributed by atoms with Gasteiger partial charge in [0.2, 0.25) is 0 Å². The predicted octanol–water partition coefficient (Wildman–Crippen LogP) is 2.53. The van der Waals surface area contributed by atoms with Gasteiger partial charge in [-0.3, -0.25) is 9.36 Å². The Morgan fingerprint density at radius 1 is 1.31 bits per heavy atom. The predicted molar refractivity (Wildman–Crippen MR) is 99.6 cm³/mol. The van der Waals surface area contributed by atoms with Crippen LogP contribution in [0.5, 0.6) is 5.75 Å². The maximum Gasteiger partial charge on any atom is 0.263 e. The quantitative estimate of drug-likeness (QED) is 0.665. The molecule has 1 aromatic carbocycles. The van der Waals surface area contributed by atoms with Crippen LogP contribution in [0.4, 0.5) is 0 Å². The molecule has 2 aromatic heterocycles. The molecule has 0 unspecified atom stereocenters. The van der Waals surface area contributed by atoms with E-state index in [-0.39, 0.29) is 12.0 Å². The van der Waals surface area contributed by atoms with E-state index in [1.54, 1.807) is 6.92 Å². The first kappa shape index (κ1) is 18.1. The maximum atomic E-state index is 13.0. The number of carboxylic acid groups (broad SMARTS) is 1. The molecule has 0 saturated carbocycles. The van der Waals surface area contributed by atoms with Crippen molar-refractivity contribution in [3.63, 3.8) is 0 Å². The van der Waals surface area contributed by atoms with Gasteiger partial charge >= 0.3 is 0 Å². The molecular weight excluding hydrogens is 352 g/mol. The van der Waals surface area contributed by atoms with E-state index >= 15 is 0 Å². The summed E-state index contributed by atoms with van der Waals surface area (Å²) in [4.78, 5) is 30.3. The molecular formula is C19H19N2O4S-. The Hall–Kier alpha value is -2.67. The summed E-state index contributed by atoms with van der Waals surface area (Å²) in [7, 11) is 0. The van der Waals surface area contributed by atoms with Gasteiger partial charge in [-0.15, -0.1) is 11.3 Å². The highest BCUT2D eigenvalue weighted by Gasteiger charge is 2.20. The molecule has 0 amide bonds. The van der Waals surface area contributed by atoms with Crippen LogP contribution >= 0.6 is 11.3 Å². The zero-order valence-corrected chi connectivity index (χ0v) is 15.6. The van der Waals surface area contributed by atoms with Gasteiger partial charge in [-0.25, -0.2) is 4.98 Å². The first-order chi connectivity index (χ1) is 12.5. The van der Waals surface area contributed by atoms with Gasteiger partial charge in [-0.1, -0.05) is 19.1 Å². The highest BCUT2D eigenvalue weighted by atomic mass is 32.1. The number of carbonyl (C=O) groups excluding carboxylic acids is 1. The largest absolute Gasteiger partial charge is 0.548 e. The minimum Gasteiger partial charge on any atom is -0.548 e. The molecule has 0 N–H and O–H groups in total. The lowest BCUT2D eigenvalue weighted by Gasteiger charge is -2.18.